The molecule has 2 aromatic heterocycles. The molecule has 0 aliphatic carbocycles. The van der Waals surface area contributed by atoms with Crippen LogP contribution in [0, 0.1) is 5.92 Å². The van der Waals surface area contributed by atoms with Gasteiger partial charge in [0.05, 0.1) is 18.4 Å². The maximum atomic E-state index is 10.2. The van der Waals surface area contributed by atoms with Gasteiger partial charge in [-0.2, -0.15) is 0 Å². The highest BCUT2D eigenvalue weighted by Crippen LogP contribution is 2.29. The van der Waals surface area contributed by atoms with Crippen LogP contribution in [-0.2, 0) is 0 Å². The highest BCUT2D eigenvalue weighted by atomic mass is 35.5. The summed E-state index contributed by atoms with van der Waals surface area (Å²) < 4.78 is 0. The van der Waals surface area contributed by atoms with Gasteiger partial charge in [0.1, 0.15) is 5.82 Å². The van der Waals surface area contributed by atoms with Gasteiger partial charge in [-0.15, -0.1) is 0 Å². The van der Waals surface area contributed by atoms with Gasteiger partial charge in [0.25, 0.3) is 0 Å². The summed E-state index contributed by atoms with van der Waals surface area (Å²) in [5.74, 6) is 1.09. The van der Waals surface area contributed by atoms with E-state index in [4.69, 9.17) is 16.6 Å². The first-order valence-corrected chi connectivity index (χ1v) is 9.11. The molecule has 1 aliphatic rings. The topological polar surface area (TPSA) is 82.4 Å². The zero-order valence-electron chi connectivity index (χ0n) is 14.5. The van der Waals surface area contributed by atoms with Crippen LogP contribution in [-0.4, -0.2) is 51.0 Å². The van der Waals surface area contributed by atoms with Gasteiger partial charge >= 0.3 is 0 Å². The molecular weight excluding hydrogens is 364 g/mol. The van der Waals surface area contributed by atoms with Gasteiger partial charge in [-0.05, 0) is 24.3 Å². The molecule has 0 amide bonds. The van der Waals surface area contributed by atoms with Crippen molar-refractivity contribution in [3.63, 3.8) is 0 Å². The van der Waals surface area contributed by atoms with Crippen molar-refractivity contribution in [1.82, 2.24) is 15.0 Å². The molecule has 1 aromatic carbocycles. The van der Waals surface area contributed by atoms with E-state index in [0.717, 1.165) is 16.8 Å². The van der Waals surface area contributed by atoms with Crippen LogP contribution in [0.1, 0.15) is 0 Å². The number of aromatic nitrogens is 3. The van der Waals surface area contributed by atoms with Crippen LogP contribution >= 0.6 is 11.6 Å². The Hall–Kier alpha value is -2.54. The molecule has 6 nitrogen and oxygen atoms in total. The Balaban J connectivity index is 1.79. The van der Waals surface area contributed by atoms with Crippen molar-refractivity contribution in [2.45, 2.75) is 6.10 Å². The molecule has 27 heavy (non-hydrogen) atoms. The van der Waals surface area contributed by atoms with E-state index in [9.17, 15) is 10.2 Å². The van der Waals surface area contributed by atoms with Crippen LogP contribution in [0.25, 0.3) is 22.6 Å². The van der Waals surface area contributed by atoms with Crippen molar-refractivity contribution < 1.29 is 10.2 Å². The first-order chi connectivity index (χ1) is 13.1. The molecule has 7 heteroatoms. The Kier molecular flexibility index (Phi) is 5.03. The van der Waals surface area contributed by atoms with Gasteiger partial charge in [-0.1, -0.05) is 23.7 Å². The largest absolute Gasteiger partial charge is 0.396 e. The van der Waals surface area contributed by atoms with Gasteiger partial charge in [0.2, 0.25) is 0 Å². The van der Waals surface area contributed by atoms with E-state index in [1.54, 1.807) is 12.4 Å². The molecule has 0 spiro atoms. The predicted molar refractivity (Wildman–Crippen MR) is 105 cm³/mol. The first kappa shape index (κ1) is 17.9. The minimum absolute atomic E-state index is 0.0533. The third-order valence-corrected chi connectivity index (χ3v) is 4.99. The molecule has 0 unspecified atom stereocenters. The van der Waals surface area contributed by atoms with E-state index in [1.807, 2.05) is 47.4 Å². The number of hydrogen-bond acceptors (Lipinski definition) is 6. The van der Waals surface area contributed by atoms with Crippen LogP contribution in [0.4, 0.5) is 5.82 Å². The summed E-state index contributed by atoms with van der Waals surface area (Å²) in [5, 5.41) is 20.3. The number of aliphatic hydroxyl groups excluding tert-OH is 2. The second-order valence-electron chi connectivity index (χ2n) is 6.60. The summed E-state index contributed by atoms with van der Waals surface area (Å²) in [6.07, 6.45) is 2.85. The average molecular weight is 383 g/mol. The fourth-order valence-electron chi connectivity index (χ4n) is 3.21. The zero-order chi connectivity index (χ0) is 18.8. The average Bonchev–Trinajstić information content (AvgIpc) is 3.10. The fraction of sp³-hybridized carbons (Fsp3) is 0.250. The molecule has 2 atom stereocenters. The molecule has 2 N–H and O–H groups in total. The number of nitrogens with zero attached hydrogens (tertiary/aromatic N) is 4. The van der Waals surface area contributed by atoms with E-state index in [1.165, 1.54) is 0 Å². The number of β-amino-alcohol motifs (C(OH)–C–C–N with tert-alkyl or cyclic N) is 1. The number of halogens is 1. The van der Waals surface area contributed by atoms with Crippen LogP contribution in [0.15, 0.2) is 54.9 Å². The number of anilines is 1. The molecule has 1 aliphatic heterocycles. The number of aliphatic hydroxyl groups is 2. The Morgan fingerprint density at radius 2 is 1.89 bits per heavy atom. The number of pyridine rings is 1. The smallest absolute Gasteiger partial charge is 0.163 e. The van der Waals surface area contributed by atoms with E-state index >= 15 is 0 Å². The number of benzene rings is 1. The maximum absolute atomic E-state index is 10.2. The highest BCUT2D eigenvalue weighted by Gasteiger charge is 2.32. The zero-order valence-corrected chi connectivity index (χ0v) is 15.3. The standard InChI is InChI=1S/C20H19ClN4O2/c21-16-5-3-13(4-6-16)17-8-19(25-10-15(12-26)18(27)11-25)24-20(23-17)14-2-1-7-22-9-14/h1-9,15,18,26-27H,10-12H2/t15-,18+/m0/s1. The molecule has 3 heterocycles. The fourth-order valence-corrected chi connectivity index (χ4v) is 3.34. The van der Waals surface area contributed by atoms with Crippen LogP contribution < -0.4 is 4.90 Å². The Morgan fingerprint density at radius 3 is 2.56 bits per heavy atom. The van der Waals surface area contributed by atoms with Gasteiger partial charge in [0, 0.05) is 53.6 Å². The minimum Gasteiger partial charge on any atom is -0.396 e. The van der Waals surface area contributed by atoms with E-state index in [-0.39, 0.29) is 12.5 Å². The van der Waals surface area contributed by atoms with Crippen molar-refractivity contribution in [3.8, 4) is 22.6 Å². The van der Waals surface area contributed by atoms with Gasteiger partial charge in [-0.3, -0.25) is 4.98 Å². The maximum Gasteiger partial charge on any atom is 0.163 e. The summed E-state index contributed by atoms with van der Waals surface area (Å²) >= 11 is 6.01. The lowest BCUT2D eigenvalue weighted by molar-refractivity contribution is 0.104. The predicted octanol–water partition coefficient (Wildman–Crippen LogP) is 2.65. The van der Waals surface area contributed by atoms with Crippen molar-refractivity contribution in [1.29, 1.82) is 0 Å². The molecule has 0 saturated carbocycles. The number of rotatable bonds is 4. The minimum atomic E-state index is -0.578. The molecular formula is C20H19ClN4O2. The van der Waals surface area contributed by atoms with Crippen molar-refractivity contribution in [2.75, 3.05) is 24.6 Å². The molecule has 3 aromatic rings. The number of hydrogen-bond donors (Lipinski definition) is 2. The third kappa shape index (κ3) is 3.78. The third-order valence-electron chi connectivity index (χ3n) is 4.74. The van der Waals surface area contributed by atoms with Crippen LogP contribution in [0.2, 0.25) is 5.02 Å². The summed E-state index contributed by atoms with van der Waals surface area (Å²) in [4.78, 5) is 15.5. The van der Waals surface area contributed by atoms with Gasteiger partial charge in [0.15, 0.2) is 5.82 Å². The van der Waals surface area contributed by atoms with Gasteiger partial charge in [-0.25, -0.2) is 9.97 Å². The van der Waals surface area contributed by atoms with Crippen LogP contribution in [0.3, 0.4) is 0 Å². The Morgan fingerprint density at radius 1 is 1.07 bits per heavy atom. The summed E-state index contributed by atoms with van der Waals surface area (Å²) in [5.41, 5.74) is 2.50. The quantitative estimate of drug-likeness (QED) is 0.721. The lowest BCUT2D eigenvalue weighted by Crippen LogP contribution is -2.22. The Labute approximate surface area is 162 Å². The SMILES string of the molecule is OC[C@@H]1CN(c2cc(-c3ccc(Cl)cc3)nc(-c3cccnc3)n2)C[C@H]1O. The van der Waals surface area contributed by atoms with E-state index in [0.29, 0.717) is 29.8 Å². The lowest BCUT2D eigenvalue weighted by atomic mass is 10.1. The summed E-state index contributed by atoms with van der Waals surface area (Å²) in [7, 11) is 0. The second-order valence-corrected chi connectivity index (χ2v) is 7.04. The molecule has 138 valence electrons. The summed E-state index contributed by atoms with van der Waals surface area (Å²) in [6.45, 7) is 0.915. The Bertz CT molecular complexity index is 921. The first-order valence-electron chi connectivity index (χ1n) is 8.73. The molecule has 0 radical (unpaired) electrons. The summed E-state index contributed by atoms with van der Waals surface area (Å²) in [6, 6.07) is 13.1. The molecule has 1 saturated heterocycles. The van der Waals surface area contributed by atoms with Crippen molar-refractivity contribution in [2.24, 2.45) is 5.92 Å². The van der Waals surface area contributed by atoms with Gasteiger partial charge < -0.3 is 15.1 Å². The van der Waals surface area contributed by atoms with Crippen molar-refractivity contribution >= 4 is 17.4 Å². The van der Waals surface area contributed by atoms with E-state index in [2.05, 4.69) is 9.97 Å². The second kappa shape index (κ2) is 7.60. The van der Waals surface area contributed by atoms with Crippen LogP contribution in [0.5, 0.6) is 0 Å². The molecule has 0 bridgehead atoms. The lowest BCUT2D eigenvalue weighted by Gasteiger charge is -2.19. The molecule has 4 rings (SSSR count). The monoisotopic (exact) mass is 382 g/mol. The highest BCUT2D eigenvalue weighted by molar-refractivity contribution is 6.30. The van der Waals surface area contributed by atoms with E-state index < -0.39 is 6.10 Å². The van der Waals surface area contributed by atoms with Crippen molar-refractivity contribution in [3.05, 3.63) is 59.9 Å². The molecule has 1 fully saturated rings. The normalized spacial score (nSPS) is 19.4.